The number of thiol groups is 1. The van der Waals surface area contributed by atoms with Gasteiger partial charge in [-0.15, -0.1) is 0 Å². The molecule has 9 nitrogen and oxygen atoms in total. The van der Waals surface area contributed by atoms with Gasteiger partial charge in [0.2, 0.25) is 11.8 Å². The third-order valence-corrected chi connectivity index (χ3v) is 3.26. The molecule has 1 aromatic heterocycles. The molecule has 0 saturated carbocycles. The van der Waals surface area contributed by atoms with Crippen LogP contribution in [0, 0.1) is 0 Å². The molecule has 1 aromatic rings. The fraction of sp³-hybridized carbons (Fsp3) is 0.500. The fourth-order valence-electron chi connectivity index (χ4n) is 1.58. The number of nitrogens with zero attached hydrogens (tertiary/aromatic N) is 1. The maximum absolute atomic E-state index is 12.0. The molecule has 22 heavy (non-hydrogen) atoms. The molecule has 1 heterocycles. The van der Waals surface area contributed by atoms with Crippen molar-refractivity contribution in [2.24, 2.45) is 5.73 Å². The summed E-state index contributed by atoms with van der Waals surface area (Å²) >= 11 is 3.89. The predicted octanol–water partition coefficient (Wildman–Crippen LogP) is -1.72. The van der Waals surface area contributed by atoms with Crippen LogP contribution in [0.4, 0.5) is 0 Å². The molecule has 0 aliphatic heterocycles. The van der Waals surface area contributed by atoms with E-state index in [1.807, 2.05) is 0 Å². The summed E-state index contributed by atoms with van der Waals surface area (Å²) in [5, 5.41) is 13.9. The number of amides is 2. The summed E-state index contributed by atoms with van der Waals surface area (Å²) in [5.74, 6) is -2.21. The van der Waals surface area contributed by atoms with Crippen molar-refractivity contribution in [3.8, 4) is 0 Å². The van der Waals surface area contributed by atoms with Gasteiger partial charge in [-0.25, -0.2) is 9.78 Å². The van der Waals surface area contributed by atoms with E-state index in [-0.39, 0.29) is 12.2 Å². The first kappa shape index (κ1) is 18.0. The van der Waals surface area contributed by atoms with Gasteiger partial charge in [0.15, 0.2) is 0 Å². The highest BCUT2D eigenvalue weighted by Crippen LogP contribution is 2.00. The number of imidazole rings is 1. The van der Waals surface area contributed by atoms with E-state index in [2.05, 4.69) is 33.2 Å². The van der Waals surface area contributed by atoms with Gasteiger partial charge in [0.25, 0.3) is 0 Å². The number of aliphatic carboxylic acids is 1. The largest absolute Gasteiger partial charge is 0.480 e. The van der Waals surface area contributed by atoms with Crippen LogP contribution in [0.2, 0.25) is 0 Å². The standard InChI is InChI=1S/C12H19N5O4S/c1-6(16-11(19)8(13)4-22)10(18)17-9(12(20)21)2-7-3-14-5-15-7/h3,5-6,8-9,22H,2,4,13H2,1H3,(H,14,15)(H,16,19)(H,17,18)(H,20,21)/t6-,8+,9+/m1/s1. The van der Waals surface area contributed by atoms with Crippen LogP contribution in [0.5, 0.6) is 0 Å². The number of hydrogen-bond donors (Lipinski definition) is 6. The van der Waals surface area contributed by atoms with Crippen LogP contribution < -0.4 is 16.4 Å². The first-order chi connectivity index (χ1) is 10.3. The number of carbonyl (C=O) groups is 3. The van der Waals surface area contributed by atoms with Crippen molar-refractivity contribution in [3.63, 3.8) is 0 Å². The highest BCUT2D eigenvalue weighted by molar-refractivity contribution is 7.80. The Balaban J connectivity index is 2.59. The average molecular weight is 329 g/mol. The van der Waals surface area contributed by atoms with Crippen molar-refractivity contribution < 1.29 is 19.5 Å². The third kappa shape index (κ3) is 5.37. The van der Waals surface area contributed by atoms with Crippen molar-refractivity contribution in [1.82, 2.24) is 20.6 Å². The van der Waals surface area contributed by atoms with Crippen LogP contribution >= 0.6 is 12.6 Å². The molecule has 0 saturated heterocycles. The topological polar surface area (TPSA) is 150 Å². The molecule has 0 aliphatic rings. The predicted molar refractivity (Wildman–Crippen MR) is 81.3 cm³/mol. The lowest BCUT2D eigenvalue weighted by atomic mass is 10.1. The van der Waals surface area contributed by atoms with Crippen molar-refractivity contribution in [3.05, 3.63) is 18.2 Å². The number of H-pyrrole nitrogens is 1. The molecule has 2 amide bonds. The van der Waals surface area contributed by atoms with Gasteiger partial charge in [0.1, 0.15) is 12.1 Å². The van der Waals surface area contributed by atoms with Crippen LogP contribution in [0.15, 0.2) is 12.5 Å². The summed E-state index contributed by atoms with van der Waals surface area (Å²) in [5.41, 5.74) is 5.98. The lowest BCUT2D eigenvalue weighted by Gasteiger charge is -2.19. The number of aromatic amines is 1. The number of rotatable bonds is 8. The molecule has 6 N–H and O–H groups in total. The van der Waals surface area contributed by atoms with Crippen molar-refractivity contribution in [2.75, 3.05) is 5.75 Å². The monoisotopic (exact) mass is 329 g/mol. The summed E-state index contributed by atoms with van der Waals surface area (Å²) < 4.78 is 0. The Kier molecular flexibility index (Phi) is 6.86. The zero-order chi connectivity index (χ0) is 16.7. The van der Waals surface area contributed by atoms with Gasteiger partial charge in [-0.1, -0.05) is 0 Å². The molecular weight excluding hydrogens is 310 g/mol. The smallest absolute Gasteiger partial charge is 0.326 e. The second-order valence-electron chi connectivity index (χ2n) is 4.68. The van der Waals surface area contributed by atoms with Gasteiger partial charge < -0.3 is 26.5 Å². The lowest BCUT2D eigenvalue weighted by Crippen LogP contribution is -2.54. The van der Waals surface area contributed by atoms with Gasteiger partial charge >= 0.3 is 5.97 Å². The maximum Gasteiger partial charge on any atom is 0.326 e. The number of carboxylic acids is 1. The molecule has 0 aliphatic carbocycles. The molecule has 122 valence electrons. The Hall–Kier alpha value is -2.07. The lowest BCUT2D eigenvalue weighted by molar-refractivity contribution is -0.142. The highest BCUT2D eigenvalue weighted by atomic mass is 32.1. The first-order valence-corrected chi connectivity index (χ1v) is 7.16. The minimum atomic E-state index is -1.19. The zero-order valence-corrected chi connectivity index (χ0v) is 12.8. The van der Waals surface area contributed by atoms with Crippen molar-refractivity contribution >= 4 is 30.4 Å². The van der Waals surface area contributed by atoms with Crippen molar-refractivity contribution in [1.29, 1.82) is 0 Å². The number of carbonyl (C=O) groups excluding carboxylic acids is 2. The van der Waals surface area contributed by atoms with E-state index >= 15 is 0 Å². The van der Waals surface area contributed by atoms with E-state index in [0.29, 0.717) is 5.69 Å². The Labute approximate surface area is 132 Å². The van der Waals surface area contributed by atoms with E-state index in [0.717, 1.165) is 0 Å². The summed E-state index contributed by atoms with van der Waals surface area (Å²) in [7, 11) is 0. The van der Waals surface area contributed by atoms with Crippen LogP contribution in [0.3, 0.4) is 0 Å². The second kappa shape index (κ2) is 8.39. The maximum atomic E-state index is 12.0. The van der Waals surface area contributed by atoms with Gasteiger partial charge in [0.05, 0.1) is 18.1 Å². The summed E-state index contributed by atoms with van der Waals surface area (Å²) in [6.45, 7) is 1.44. The summed E-state index contributed by atoms with van der Waals surface area (Å²) in [6, 6.07) is -2.90. The van der Waals surface area contributed by atoms with E-state index in [1.54, 1.807) is 6.20 Å². The Morgan fingerprint density at radius 3 is 2.59 bits per heavy atom. The quantitative estimate of drug-likeness (QED) is 0.312. The zero-order valence-electron chi connectivity index (χ0n) is 11.9. The summed E-state index contributed by atoms with van der Waals surface area (Å²) in [4.78, 5) is 41.3. The Morgan fingerprint density at radius 2 is 2.09 bits per heavy atom. The molecule has 0 spiro atoms. The molecule has 10 heteroatoms. The number of hydrogen-bond acceptors (Lipinski definition) is 6. The van der Waals surface area contributed by atoms with Crippen LogP contribution in [-0.4, -0.2) is 56.7 Å². The molecule has 3 atom stereocenters. The molecule has 0 bridgehead atoms. The molecule has 0 fully saturated rings. The van der Waals surface area contributed by atoms with E-state index in [4.69, 9.17) is 10.8 Å². The highest BCUT2D eigenvalue weighted by Gasteiger charge is 2.25. The molecule has 1 rings (SSSR count). The minimum absolute atomic E-state index is 0.0292. The molecule has 0 unspecified atom stereocenters. The molecule has 0 aromatic carbocycles. The van der Waals surface area contributed by atoms with Crippen LogP contribution in [0.1, 0.15) is 12.6 Å². The molecular formula is C12H19N5O4S. The van der Waals surface area contributed by atoms with E-state index in [1.165, 1.54) is 13.3 Å². The third-order valence-electron chi connectivity index (χ3n) is 2.87. The first-order valence-electron chi connectivity index (χ1n) is 6.52. The number of aromatic nitrogens is 2. The van der Waals surface area contributed by atoms with Gasteiger partial charge in [0, 0.05) is 18.4 Å². The minimum Gasteiger partial charge on any atom is -0.480 e. The van der Waals surface area contributed by atoms with E-state index < -0.39 is 35.9 Å². The Morgan fingerprint density at radius 1 is 1.41 bits per heavy atom. The number of nitrogens with two attached hydrogens (primary N) is 1. The summed E-state index contributed by atoms with van der Waals surface area (Å²) in [6.07, 6.45) is 2.98. The number of nitrogens with one attached hydrogen (secondary N) is 3. The van der Waals surface area contributed by atoms with Gasteiger partial charge in [-0.2, -0.15) is 12.6 Å². The van der Waals surface area contributed by atoms with Gasteiger partial charge in [-0.3, -0.25) is 9.59 Å². The average Bonchev–Trinajstić information content (AvgIpc) is 2.98. The van der Waals surface area contributed by atoms with Crippen LogP contribution in [-0.2, 0) is 20.8 Å². The Bertz CT molecular complexity index is 522. The molecule has 0 radical (unpaired) electrons. The van der Waals surface area contributed by atoms with E-state index in [9.17, 15) is 14.4 Å². The van der Waals surface area contributed by atoms with Gasteiger partial charge in [-0.05, 0) is 6.92 Å². The normalized spacial score (nSPS) is 14.7. The number of carboxylic acid groups (broad SMARTS) is 1. The van der Waals surface area contributed by atoms with Crippen molar-refractivity contribution in [2.45, 2.75) is 31.5 Å². The fourth-order valence-corrected chi connectivity index (χ4v) is 1.74. The van der Waals surface area contributed by atoms with Crippen LogP contribution in [0.25, 0.3) is 0 Å². The SMILES string of the molecule is C[C@@H](NC(=O)[C@@H](N)CS)C(=O)N[C@@H](Cc1c[nH]cn1)C(=O)O. The second-order valence-corrected chi connectivity index (χ2v) is 5.05.